The molecule has 0 unspecified atom stereocenters. The zero-order chi connectivity index (χ0) is 18.8. The lowest BCUT2D eigenvalue weighted by molar-refractivity contribution is -0.114. The van der Waals surface area contributed by atoms with Crippen molar-refractivity contribution in [2.45, 2.75) is 20.3 Å². The van der Waals surface area contributed by atoms with Crippen molar-refractivity contribution in [2.75, 3.05) is 12.1 Å². The van der Waals surface area contributed by atoms with E-state index in [0.717, 1.165) is 17.7 Å². The van der Waals surface area contributed by atoms with E-state index >= 15 is 0 Å². The van der Waals surface area contributed by atoms with Crippen LogP contribution in [0.1, 0.15) is 25.0 Å². The number of phenolic OH excluding ortho intramolecular Hbond substituents is 1. The van der Waals surface area contributed by atoms with Crippen molar-refractivity contribution in [3.63, 3.8) is 0 Å². The minimum absolute atomic E-state index is 0.0235. The van der Waals surface area contributed by atoms with E-state index in [4.69, 9.17) is 4.74 Å². The summed E-state index contributed by atoms with van der Waals surface area (Å²) in [4.78, 5) is 12.8. The van der Waals surface area contributed by atoms with Crippen LogP contribution >= 0.6 is 15.9 Å². The maximum Gasteiger partial charge on any atom is 0.280 e. The topological polar surface area (TPSA) is 62.1 Å². The molecule has 0 fully saturated rings. The minimum atomic E-state index is -0.185. The van der Waals surface area contributed by atoms with Crippen molar-refractivity contribution in [1.29, 1.82) is 0 Å². The normalized spacial score (nSPS) is 15.5. The van der Waals surface area contributed by atoms with E-state index in [1.807, 2.05) is 24.3 Å². The molecule has 0 saturated heterocycles. The molecule has 1 heterocycles. The Morgan fingerprint density at radius 2 is 1.96 bits per heavy atom. The van der Waals surface area contributed by atoms with E-state index in [2.05, 4.69) is 28.0 Å². The number of hydrazone groups is 1. The SMILES string of the molecule is CCc1ccc(N2N=C(C)/C(=C\c3cc(Br)c(O)c(OC)c3)C2=O)cc1. The molecule has 3 rings (SSSR count). The second-order valence-electron chi connectivity index (χ2n) is 5.93. The van der Waals surface area contributed by atoms with E-state index in [9.17, 15) is 9.90 Å². The number of hydrogen-bond acceptors (Lipinski definition) is 4. The summed E-state index contributed by atoms with van der Waals surface area (Å²) >= 11 is 3.29. The molecule has 1 amide bonds. The Morgan fingerprint density at radius 1 is 1.27 bits per heavy atom. The Kier molecular flexibility index (Phi) is 5.13. The Bertz CT molecular complexity index is 917. The molecule has 0 aliphatic carbocycles. The number of ether oxygens (including phenoxy) is 1. The van der Waals surface area contributed by atoms with E-state index in [-0.39, 0.29) is 11.7 Å². The molecule has 0 atom stereocenters. The first-order valence-electron chi connectivity index (χ1n) is 8.21. The van der Waals surface area contributed by atoms with Crippen LogP contribution in [0.2, 0.25) is 0 Å². The summed E-state index contributed by atoms with van der Waals surface area (Å²) < 4.78 is 5.66. The van der Waals surface area contributed by atoms with Gasteiger partial charge in [0.15, 0.2) is 11.5 Å². The van der Waals surface area contributed by atoms with Gasteiger partial charge in [-0.05, 0) is 70.7 Å². The number of methoxy groups -OCH3 is 1. The lowest BCUT2D eigenvalue weighted by atomic mass is 10.1. The van der Waals surface area contributed by atoms with Gasteiger partial charge in [0.1, 0.15) is 0 Å². The predicted molar refractivity (Wildman–Crippen MR) is 107 cm³/mol. The fourth-order valence-corrected chi connectivity index (χ4v) is 3.19. The molecule has 0 radical (unpaired) electrons. The number of carbonyl (C=O) groups is 1. The van der Waals surface area contributed by atoms with Crippen molar-refractivity contribution in [1.82, 2.24) is 0 Å². The number of hydrogen-bond donors (Lipinski definition) is 1. The molecule has 0 spiro atoms. The summed E-state index contributed by atoms with van der Waals surface area (Å²) in [5, 5.41) is 15.7. The fraction of sp³-hybridized carbons (Fsp3) is 0.200. The highest BCUT2D eigenvalue weighted by Gasteiger charge is 2.28. The number of rotatable bonds is 4. The van der Waals surface area contributed by atoms with E-state index in [1.54, 1.807) is 25.1 Å². The quantitative estimate of drug-likeness (QED) is 0.747. The summed E-state index contributed by atoms with van der Waals surface area (Å²) in [5.74, 6) is 0.170. The summed E-state index contributed by atoms with van der Waals surface area (Å²) in [6.45, 7) is 3.89. The molecule has 1 N–H and O–H groups in total. The maximum atomic E-state index is 12.8. The maximum absolute atomic E-state index is 12.8. The van der Waals surface area contributed by atoms with Crippen LogP contribution < -0.4 is 9.75 Å². The van der Waals surface area contributed by atoms with Crippen molar-refractivity contribution in [2.24, 2.45) is 5.10 Å². The van der Waals surface area contributed by atoms with Crippen molar-refractivity contribution in [3.8, 4) is 11.5 Å². The number of phenols is 1. The van der Waals surface area contributed by atoms with Crippen LogP contribution in [0.3, 0.4) is 0 Å². The predicted octanol–water partition coefficient (Wildman–Crippen LogP) is 4.53. The highest BCUT2D eigenvalue weighted by molar-refractivity contribution is 9.10. The average molecular weight is 415 g/mol. The molecule has 6 heteroatoms. The van der Waals surface area contributed by atoms with Gasteiger partial charge in [-0.3, -0.25) is 4.79 Å². The molecule has 5 nitrogen and oxygen atoms in total. The van der Waals surface area contributed by atoms with Crippen LogP contribution in [0.15, 0.2) is 51.5 Å². The largest absolute Gasteiger partial charge is 0.503 e. The van der Waals surface area contributed by atoms with Crippen LogP contribution in [-0.4, -0.2) is 23.8 Å². The Balaban J connectivity index is 1.95. The summed E-state index contributed by atoms with van der Waals surface area (Å²) in [6, 6.07) is 11.2. The number of aryl methyl sites for hydroxylation is 1. The number of carbonyl (C=O) groups excluding carboxylic acids is 1. The molecule has 1 aliphatic rings. The molecule has 0 saturated carbocycles. The zero-order valence-corrected chi connectivity index (χ0v) is 16.4. The summed E-state index contributed by atoms with van der Waals surface area (Å²) in [6.07, 6.45) is 2.69. The summed E-state index contributed by atoms with van der Waals surface area (Å²) in [5.41, 5.74) is 3.81. The number of benzene rings is 2. The van der Waals surface area contributed by atoms with Crippen LogP contribution in [-0.2, 0) is 11.2 Å². The molecule has 134 valence electrons. The van der Waals surface area contributed by atoms with Gasteiger partial charge in [-0.15, -0.1) is 0 Å². The minimum Gasteiger partial charge on any atom is -0.503 e. The fourth-order valence-electron chi connectivity index (χ4n) is 2.73. The first-order valence-corrected chi connectivity index (χ1v) is 9.01. The monoisotopic (exact) mass is 414 g/mol. The van der Waals surface area contributed by atoms with Gasteiger partial charge in [-0.25, -0.2) is 0 Å². The second-order valence-corrected chi connectivity index (χ2v) is 6.79. The number of aromatic hydroxyl groups is 1. The molecular weight excluding hydrogens is 396 g/mol. The van der Waals surface area contributed by atoms with Crippen molar-refractivity contribution < 1.29 is 14.6 Å². The van der Waals surface area contributed by atoms with Crippen LogP contribution in [0.25, 0.3) is 6.08 Å². The number of amides is 1. The van der Waals surface area contributed by atoms with Gasteiger partial charge in [0.25, 0.3) is 5.91 Å². The van der Waals surface area contributed by atoms with Gasteiger partial charge in [0, 0.05) is 0 Å². The van der Waals surface area contributed by atoms with Gasteiger partial charge in [-0.1, -0.05) is 19.1 Å². The third kappa shape index (κ3) is 3.37. The first kappa shape index (κ1) is 18.2. The molecule has 2 aromatic carbocycles. The van der Waals surface area contributed by atoms with Gasteiger partial charge < -0.3 is 9.84 Å². The van der Waals surface area contributed by atoms with Crippen LogP contribution in [0.4, 0.5) is 5.69 Å². The number of halogens is 1. The van der Waals surface area contributed by atoms with E-state index in [0.29, 0.717) is 21.5 Å². The van der Waals surface area contributed by atoms with Crippen LogP contribution in [0, 0.1) is 0 Å². The zero-order valence-electron chi connectivity index (χ0n) is 14.8. The highest BCUT2D eigenvalue weighted by atomic mass is 79.9. The standard InChI is InChI=1S/C20H19BrN2O3/c1-4-13-5-7-15(8-6-13)23-20(25)16(12(2)22-23)9-14-10-17(21)19(24)18(11-14)26-3/h5-11,24H,4H2,1-3H3/b16-9+. The third-order valence-corrected chi connectivity index (χ3v) is 4.84. The molecule has 0 aromatic heterocycles. The molecule has 1 aliphatic heterocycles. The molecular formula is C20H19BrN2O3. The lowest BCUT2D eigenvalue weighted by Gasteiger charge is -2.12. The van der Waals surface area contributed by atoms with E-state index < -0.39 is 0 Å². The highest BCUT2D eigenvalue weighted by Crippen LogP contribution is 2.36. The second kappa shape index (κ2) is 7.33. The van der Waals surface area contributed by atoms with Gasteiger partial charge in [0.05, 0.1) is 28.6 Å². The van der Waals surface area contributed by atoms with Gasteiger partial charge >= 0.3 is 0 Å². The van der Waals surface area contributed by atoms with Gasteiger partial charge in [-0.2, -0.15) is 10.1 Å². The van der Waals surface area contributed by atoms with Crippen LogP contribution in [0.5, 0.6) is 11.5 Å². The molecule has 2 aromatic rings. The number of anilines is 1. The van der Waals surface area contributed by atoms with Crippen molar-refractivity contribution >= 4 is 39.3 Å². The van der Waals surface area contributed by atoms with E-state index in [1.165, 1.54) is 17.7 Å². The Hall–Kier alpha value is -2.60. The summed E-state index contributed by atoms with van der Waals surface area (Å²) in [7, 11) is 1.48. The number of nitrogens with zero attached hydrogens (tertiary/aromatic N) is 2. The molecule has 26 heavy (non-hydrogen) atoms. The average Bonchev–Trinajstić information content (AvgIpc) is 2.92. The van der Waals surface area contributed by atoms with Gasteiger partial charge in [0.2, 0.25) is 0 Å². The third-order valence-electron chi connectivity index (χ3n) is 4.23. The smallest absolute Gasteiger partial charge is 0.280 e. The Morgan fingerprint density at radius 3 is 2.58 bits per heavy atom. The van der Waals surface area contributed by atoms with Crippen molar-refractivity contribution in [3.05, 3.63) is 57.6 Å². The Labute approximate surface area is 160 Å². The first-order chi connectivity index (χ1) is 12.4. The molecule has 0 bridgehead atoms. The lowest BCUT2D eigenvalue weighted by Crippen LogP contribution is -2.21.